The minimum Gasteiger partial charge on any atom is -0.477 e. The second-order valence-electron chi connectivity index (χ2n) is 7.68. The molecule has 0 aliphatic rings. The van der Waals surface area contributed by atoms with Crippen LogP contribution in [0.3, 0.4) is 0 Å². The minimum absolute atomic E-state index is 0.0594. The van der Waals surface area contributed by atoms with Crippen LogP contribution in [0.1, 0.15) is 21.6 Å². The molecule has 5 rings (SSSR count). The molecule has 0 atom stereocenters. The Labute approximate surface area is 184 Å². The van der Waals surface area contributed by atoms with Gasteiger partial charge < -0.3 is 9.67 Å². The number of carboxylic acid groups (broad SMARTS) is 1. The third kappa shape index (κ3) is 3.78. The fourth-order valence-corrected chi connectivity index (χ4v) is 4.01. The van der Waals surface area contributed by atoms with Gasteiger partial charge in [0.2, 0.25) is 0 Å². The van der Waals surface area contributed by atoms with Crippen molar-refractivity contribution in [1.29, 1.82) is 0 Å². The van der Waals surface area contributed by atoms with E-state index < -0.39 is 5.97 Å². The van der Waals surface area contributed by atoms with E-state index in [-0.39, 0.29) is 18.1 Å². The summed E-state index contributed by atoms with van der Waals surface area (Å²) in [4.78, 5) is 11.9. The zero-order valence-electron chi connectivity index (χ0n) is 17.1. The lowest BCUT2D eigenvalue weighted by molar-refractivity contribution is 0.0684. The van der Waals surface area contributed by atoms with Crippen molar-refractivity contribution < 1.29 is 14.3 Å². The quantitative estimate of drug-likeness (QED) is 0.394. The van der Waals surface area contributed by atoms with E-state index in [1.165, 1.54) is 22.4 Å². The van der Waals surface area contributed by atoms with Crippen LogP contribution in [0.25, 0.3) is 22.2 Å². The molecule has 0 aliphatic heterocycles. The topological polar surface area (TPSA) is 60.0 Å². The Balaban J connectivity index is 1.59. The van der Waals surface area contributed by atoms with Crippen molar-refractivity contribution in [3.8, 4) is 11.3 Å². The molecule has 2 heterocycles. The third-order valence-corrected chi connectivity index (χ3v) is 5.48. The lowest BCUT2D eigenvalue weighted by atomic mass is 10.1. The molecule has 32 heavy (non-hydrogen) atoms. The molecule has 0 spiro atoms. The maximum atomic E-state index is 13.6. The second kappa shape index (κ2) is 8.15. The number of benzene rings is 3. The molecule has 2 aromatic heterocycles. The van der Waals surface area contributed by atoms with Crippen molar-refractivity contribution in [2.45, 2.75) is 13.1 Å². The molecule has 0 saturated carbocycles. The first-order valence-electron chi connectivity index (χ1n) is 10.3. The molecule has 0 aliphatic carbocycles. The summed E-state index contributed by atoms with van der Waals surface area (Å²) >= 11 is 0. The SMILES string of the molecule is O=C(O)c1cc(-c2cn(Cc3ccccc3)c3ccccc23)nn1Cc1cccc(F)c1. The van der Waals surface area contributed by atoms with Gasteiger partial charge in [0.25, 0.3) is 0 Å². The molecule has 0 saturated heterocycles. The van der Waals surface area contributed by atoms with Crippen LogP contribution >= 0.6 is 0 Å². The van der Waals surface area contributed by atoms with Crippen LogP contribution in [-0.4, -0.2) is 25.4 Å². The summed E-state index contributed by atoms with van der Waals surface area (Å²) in [6, 6.07) is 25.8. The number of para-hydroxylation sites is 1. The minimum atomic E-state index is -1.08. The zero-order valence-corrected chi connectivity index (χ0v) is 17.1. The number of rotatable bonds is 6. The number of hydrogen-bond donors (Lipinski definition) is 1. The van der Waals surface area contributed by atoms with E-state index in [2.05, 4.69) is 21.8 Å². The Morgan fingerprint density at radius 1 is 0.875 bits per heavy atom. The Morgan fingerprint density at radius 3 is 2.41 bits per heavy atom. The van der Waals surface area contributed by atoms with Crippen LogP contribution in [-0.2, 0) is 13.1 Å². The van der Waals surface area contributed by atoms with E-state index in [0.717, 1.165) is 16.5 Å². The van der Waals surface area contributed by atoms with Crippen molar-refractivity contribution in [3.63, 3.8) is 0 Å². The predicted octanol–water partition coefficient (Wildman–Crippen LogP) is 5.44. The van der Waals surface area contributed by atoms with E-state index in [0.29, 0.717) is 17.8 Å². The monoisotopic (exact) mass is 425 g/mol. The van der Waals surface area contributed by atoms with Crippen LogP contribution < -0.4 is 0 Å². The normalized spacial score (nSPS) is 11.2. The molecule has 5 aromatic rings. The predicted molar refractivity (Wildman–Crippen MR) is 121 cm³/mol. The van der Waals surface area contributed by atoms with Crippen LogP contribution in [0.5, 0.6) is 0 Å². The van der Waals surface area contributed by atoms with Gasteiger partial charge in [-0.3, -0.25) is 4.68 Å². The summed E-state index contributed by atoms with van der Waals surface area (Å²) < 4.78 is 17.2. The number of halogens is 1. The molecule has 3 aromatic carbocycles. The van der Waals surface area contributed by atoms with Gasteiger partial charge in [0.15, 0.2) is 0 Å². The fraction of sp³-hybridized carbons (Fsp3) is 0.0769. The summed E-state index contributed by atoms with van der Waals surface area (Å²) in [5, 5.41) is 15.3. The zero-order chi connectivity index (χ0) is 22.1. The molecule has 0 bridgehead atoms. The number of fused-ring (bicyclic) bond motifs is 1. The number of aromatic nitrogens is 3. The van der Waals surface area contributed by atoms with Gasteiger partial charge in [-0.2, -0.15) is 5.10 Å². The van der Waals surface area contributed by atoms with E-state index in [4.69, 9.17) is 0 Å². The van der Waals surface area contributed by atoms with Crippen molar-refractivity contribution in [1.82, 2.24) is 14.3 Å². The molecule has 6 heteroatoms. The summed E-state index contributed by atoms with van der Waals surface area (Å²) in [5.41, 5.74) is 4.35. The van der Waals surface area contributed by atoms with E-state index in [1.54, 1.807) is 18.2 Å². The summed E-state index contributed by atoms with van der Waals surface area (Å²) in [6.07, 6.45) is 2.01. The molecule has 0 unspecified atom stereocenters. The van der Waals surface area contributed by atoms with Crippen LogP contribution in [0, 0.1) is 5.82 Å². The molecule has 0 fully saturated rings. The molecule has 0 amide bonds. The second-order valence-corrected chi connectivity index (χ2v) is 7.68. The maximum Gasteiger partial charge on any atom is 0.354 e. The van der Waals surface area contributed by atoms with Gasteiger partial charge in [0, 0.05) is 29.2 Å². The molecule has 158 valence electrons. The van der Waals surface area contributed by atoms with Crippen LogP contribution in [0.15, 0.2) is 91.1 Å². The van der Waals surface area contributed by atoms with Crippen LogP contribution in [0.2, 0.25) is 0 Å². The number of carboxylic acids is 1. The van der Waals surface area contributed by atoms with Gasteiger partial charge in [-0.15, -0.1) is 0 Å². The van der Waals surface area contributed by atoms with Crippen molar-refractivity contribution >= 4 is 16.9 Å². The summed E-state index contributed by atoms with van der Waals surface area (Å²) in [7, 11) is 0. The highest BCUT2D eigenvalue weighted by Crippen LogP contribution is 2.31. The largest absolute Gasteiger partial charge is 0.477 e. The third-order valence-electron chi connectivity index (χ3n) is 5.48. The molecular weight excluding hydrogens is 405 g/mol. The average molecular weight is 425 g/mol. The number of aromatic carboxylic acids is 1. The van der Waals surface area contributed by atoms with Crippen molar-refractivity contribution in [2.24, 2.45) is 0 Å². The summed E-state index contributed by atoms with van der Waals surface area (Å²) in [5.74, 6) is -1.44. The van der Waals surface area contributed by atoms with Crippen molar-refractivity contribution in [3.05, 3.63) is 114 Å². The first kappa shape index (κ1) is 19.8. The Hall–Kier alpha value is -4.19. The Bertz CT molecular complexity index is 1420. The molecule has 0 radical (unpaired) electrons. The first-order chi connectivity index (χ1) is 15.6. The van der Waals surface area contributed by atoms with Gasteiger partial charge in [0.05, 0.1) is 12.2 Å². The standard InChI is InChI=1S/C26H20FN3O2/c27-20-10-6-9-19(13-20)16-30-25(26(31)32)14-23(28-30)22-17-29(15-18-7-2-1-3-8-18)24-12-5-4-11-21(22)24/h1-14,17H,15-16H2,(H,31,32). The lowest BCUT2D eigenvalue weighted by Gasteiger charge is -2.05. The Morgan fingerprint density at radius 2 is 1.62 bits per heavy atom. The number of nitrogens with zero attached hydrogens (tertiary/aromatic N) is 3. The highest BCUT2D eigenvalue weighted by Gasteiger charge is 2.19. The van der Waals surface area contributed by atoms with E-state index in [1.807, 2.05) is 48.7 Å². The Kier molecular flexibility index (Phi) is 5.03. The fourth-order valence-electron chi connectivity index (χ4n) is 4.01. The summed E-state index contributed by atoms with van der Waals surface area (Å²) in [6.45, 7) is 0.860. The highest BCUT2D eigenvalue weighted by molar-refractivity contribution is 5.96. The average Bonchev–Trinajstić information content (AvgIpc) is 3.36. The number of hydrogen-bond acceptors (Lipinski definition) is 2. The molecular formula is C26H20FN3O2. The maximum absolute atomic E-state index is 13.6. The molecule has 1 N–H and O–H groups in total. The first-order valence-corrected chi connectivity index (χ1v) is 10.3. The lowest BCUT2D eigenvalue weighted by Crippen LogP contribution is -2.11. The van der Waals surface area contributed by atoms with Gasteiger partial charge in [-0.25, -0.2) is 9.18 Å². The van der Waals surface area contributed by atoms with E-state index >= 15 is 0 Å². The number of carbonyl (C=O) groups is 1. The molecule has 5 nitrogen and oxygen atoms in total. The smallest absolute Gasteiger partial charge is 0.354 e. The highest BCUT2D eigenvalue weighted by atomic mass is 19.1. The van der Waals surface area contributed by atoms with Gasteiger partial charge in [-0.05, 0) is 35.4 Å². The van der Waals surface area contributed by atoms with Crippen molar-refractivity contribution in [2.75, 3.05) is 0 Å². The van der Waals surface area contributed by atoms with Gasteiger partial charge in [0.1, 0.15) is 11.5 Å². The van der Waals surface area contributed by atoms with Crippen LogP contribution in [0.4, 0.5) is 4.39 Å². The van der Waals surface area contributed by atoms with Gasteiger partial charge >= 0.3 is 5.97 Å². The van der Waals surface area contributed by atoms with Gasteiger partial charge in [-0.1, -0.05) is 60.7 Å². The van der Waals surface area contributed by atoms with E-state index in [9.17, 15) is 14.3 Å².